The number of carbonyl (C=O) groups is 1. The highest BCUT2D eigenvalue weighted by atomic mass is 35.5. The van der Waals surface area contributed by atoms with E-state index >= 15 is 0 Å². The predicted molar refractivity (Wildman–Crippen MR) is 139 cm³/mol. The van der Waals surface area contributed by atoms with Crippen molar-refractivity contribution in [1.29, 1.82) is 0 Å². The van der Waals surface area contributed by atoms with Crippen molar-refractivity contribution in [2.24, 2.45) is 5.92 Å². The third-order valence-electron chi connectivity index (χ3n) is 4.85. The molecule has 2 heterocycles. The van der Waals surface area contributed by atoms with Gasteiger partial charge in [-0.15, -0.1) is 21.5 Å². The van der Waals surface area contributed by atoms with Gasteiger partial charge in [0.05, 0.1) is 21.5 Å². The number of halogens is 2. The number of rotatable bonds is 9. The number of nitrogens with one attached hydrogen (secondary N) is 1. The molecular weight excluding hydrogens is 509 g/mol. The smallest absolute Gasteiger partial charge is 0.270 e. The van der Waals surface area contributed by atoms with Gasteiger partial charge in [-0.2, -0.15) is 0 Å². The second kappa shape index (κ2) is 11.4. The van der Waals surface area contributed by atoms with Gasteiger partial charge in [-0.1, -0.05) is 79.1 Å². The number of amides is 1. The monoisotopic (exact) mass is 531 g/mol. The maximum absolute atomic E-state index is 12.3. The summed E-state index contributed by atoms with van der Waals surface area (Å²) in [7, 11) is 0. The zero-order valence-electron chi connectivity index (χ0n) is 18.7. The van der Waals surface area contributed by atoms with E-state index in [1.54, 1.807) is 11.4 Å². The van der Waals surface area contributed by atoms with Crippen LogP contribution in [0.3, 0.4) is 0 Å². The molecule has 1 N–H and O–H groups in total. The molecular formula is C24H23Cl2N5OS2. The molecule has 10 heteroatoms. The largest absolute Gasteiger partial charge is 0.350 e. The first-order valence-corrected chi connectivity index (χ1v) is 13.3. The van der Waals surface area contributed by atoms with Crippen LogP contribution in [0.1, 0.15) is 40.7 Å². The van der Waals surface area contributed by atoms with Crippen LogP contribution in [0.25, 0.3) is 5.69 Å². The third kappa shape index (κ3) is 6.18. The van der Waals surface area contributed by atoms with Crippen molar-refractivity contribution < 1.29 is 4.79 Å². The fourth-order valence-electron chi connectivity index (χ4n) is 3.17. The summed E-state index contributed by atoms with van der Waals surface area (Å²) in [6.07, 6.45) is 0.617. The predicted octanol–water partition coefficient (Wildman–Crippen LogP) is 6.30. The molecule has 0 saturated carbocycles. The summed E-state index contributed by atoms with van der Waals surface area (Å²) in [5.41, 5.74) is 2.41. The lowest BCUT2D eigenvalue weighted by molar-refractivity contribution is 0.0944. The van der Waals surface area contributed by atoms with E-state index in [4.69, 9.17) is 23.2 Å². The minimum atomic E-state index is -0.148. The van der Waals surface area contributed by atoms with E-state index in [0.717, 1.165) is 22.1 Å². The standard InChI is InChI=1S/C24H23Cl2N5OS2/c1-15(2)12-27-23(32)20-13-33-22(28-20)14-34-24-30-29-21(10-16-6-4-3-5-7-16)31(24)17-8-9-18(25)19(26)11-17/h3-9,11,13,15H,10,12,14H2,1-2H3,(H,27,32). The molecule has 2 aromatic heterocycles. The Bertz CT molecular complexity index is 1270. The zero-order chi connectivity index (χ0) is 24.1. The summed E-state index contributed by atoms with van der Waals surface area (Å²) in [6.45, 7) is 4.73. The number of carbonyl (C=O) groups excluding carboxylic acids is 1. The quantitative estimate of drug-likeness (QED) is 0.256. The molecule has 176 valence electrons. The van der Waals surface area contributed by atoms with Crippen LogP contribution >= 0.6 is 46.3 Å². The molecule has 0 aliphatic carbocycles. The van der Waals surface area contributed by atoms with Crippen molar-refractivity contribution in [3.8, 4) is 5.69 Å². The van der Waals surface area contributed by atoms with Crippen LogP contribution in [0.15, 0.2) is 59.1 Å². The number of aromatic nitrogens is 4. The topological polar surface area (TPSA) is 72.7 Å². The zero-order valence-corrected chi connectivity index (χ0v) is 21.8. The lowest BCUT2D eigenvalue weighted by atomic mass is 10.1. The van der Waals surface area contributed by atoms with E-state index in [-0.39, 0.29) is 5.91 Å². The summed E-state index contributed by atoms with van der Waals surface area (Å²) < 4.78 is 1.99. The normalized spacial score (nSPS) is 11.2. The Morgan fingerprint density at radius 2 is 1.91 bits per heavy atom. The van der Waals surface area contributed by atoms with Crippen LogP contribution < -0.4 is 5.32 Å². The molecule has 0 radical (unpaired) electrons. The van der Waals surface area contributed by atoms with Crippen molar-refractivity contribution in [3.63, 3.8) is 0 Å². The van der Waals surface area contributed by atoms with Gasteiger partial charge in [0.15, 0.2) is 5.16 Å². The van der Waals surface area contributed by atoms with E-state index in [2.05, 4.69) is 46.5 Å². The molecule has 34 heavy (non-hydrogen) atoms. The summed E-state index contributed by atoms with van der Waals surface area (Å²) in [5, 5.41) is 16.1. The van der Waals surface area contributed by atoms with Crippen molar-refractivity contribution in [3.05, 3.63) is 86.0 Å². The van der Waals surface area contributed by atoms with E-state index in [1.807, 2.05) is 34.9 Å². The van der Waals surface area contributed by atoms with Gasteiger partial charge in [-0.05, 0) is 29.7 Å². The lowest BCUT2D eigenvalue weighted by Crippen LogP contribution is -2.27. The summed E-state index contributed by atoms with van der Waals surface area (Å²) in [4.78, 5) is 16.8. The van der Waals surface area contributed by atoms with Crippen LogP contribution in [0.2, 0.25) is 10.0 Å². The molecule has 0 unspecified atom stereocenters. The first kappa shape index (κ1) is 24.7. The molecule has 2 aromatic carbocycles. The van der Waals surface area contributed by atoms with Crippen LogP contribution in [-0.2, 0) is 12.2 Å². The van der Waals surface area contributed by atoms with Crippen LogP contribution in [0.4, 0.5) is 0 Å². The average Bonchev–Trinajstić information content (AvgIpc) is 3.46. The Hall–Kier alpha value is -2.39. The van der Waals surface area contributed by atoms with Gasteiger partial charge in [-0.25, -0.2) is 4.98 Å². The molecule has 0 atom stereocenters. The van der Waals surface area contributed by atoms with Gasteiger partial charge < -0.3 is 5.32 Å². The molecule has 1 amide bonds. The van der Waals surface area contributed by atoms with E-state index in [1.165, 1.54) is 23.1 Å². The van der Waals surface area contributed by atoms with Gasteiger partial charge in [0.2, 0.25) is 0 Å². The Morgan fingerprint density at radius 1 is 1.12 bits per heavy atom. The summed E-state index contributed by atoms with van der Waals surface area (Å²) in [6, 6.07) is 15.6. The Kier molecular flexibility index (Phi) is 8.26. The fourth-order valence-corrected chi connectivity index (χ4v) is 5.22. The van der Waals surface area contributed by atoms with Crippen molar-refractivity contribution >= 4 is 52.2 Å². The maximum atomic E-state index is 12.3. The molecule has 0 aliphatic rings. The van der Waals surface area contributed by atoms with Crippen molar-refractivity contribution in [2.75, 3.05) is 6.54 Å². The molecule has 0 saturated heterocycles. The number of nitrogens with zero attached hydrogens (tertiary/aromatic N) is 4. The van der Waals surface area contributed by atoms with Crippen molar-refractivity contribution in [2.45, 2.75) is 31.2 Å². The van der Waals surface area contributed by atoms with E-state index in [0.29, 0.717) is 45.5 Å². The van der Waals surface area contributed by atoms with Crippen LogP contribution in [0, 0.1) is 5.92 Å². The SMILES string of the molecule is CC(C)CNC(=O)c1csc(CSc2nnc(Cc3ccccc3)n2-c2ccc(Cl)c(Cl)c2)n1. The van der Waals surface area contributed by atoms with E-state index in [9.17, 15) is 4.79 Å². The van der Waals surface area contributed by atoms with Crippen molar-refractivity contribution in [1.82, 2.24) is 25.1 Å². The Morgan fingerprint density at radius 3 is 2.65 bits per heavy atom. The number of benzene rings is 2. The van der Waals surface area contributed by atoms with Gasteiger partial charge >= 0.3 is 0 Å². The molecule has 4 rings (SSSR count). The second-order valence-electron chi connectivity index (χ2n) is 8.01. The van der Waals surface area contributed by atoms with Crippen LogP contribution in [0.5, 0.6) is 0 Å². The number of thiazole rings is 1. The highest BCUT2D eigenvalue weighted by Crippen LogP contribution is 2.30. The lowest BCUT2D eigenvalue weighted by Gasteiger charge is -2.11. The van der Waals surface area contributed by atoms with Crippen LogP contribution in [-0.4, -0.2) is 32.2 Å². The molecule has 0 bridgehead atoms. The third-order valence-corrected chi connectivity index (χ3v) is 7.56. The first-order valence-electron chi connectivity index (χ1n) is 10.7. The minimum absolute atomic E-state index is 0.148. The first-order chi connectivity index (χ1) is 16.4. The Labute approximate surface area is 216 Å². The molecule has 0 spiro atoms. The number of hydrogen-bond donors (Lipinski definition) is 1. The molecule has 4 aromatic rings. The fraction of sp³-hybridized carbons (Fsp3) is 0.250. The van der Waals surface area contributed by atoms with Gasteiger partial charge in [-0.3, -0.25) is 9.36 Å². The summed E-state index contributed by atoms with van der Waals surface area (Å²) in [5.74, 6) is 1.59. The molecule has 0 aliphatic heterocycles. The van der Waals surface area contributed by atoms with Gasteiger partial charge in [0.1, 0.15) is 16.5 Å². The molecule has 0 fully saturated rings. The highest BCUT2D eigenvalue weighted by molar-refractivity contribution is 7.98. The minimum Gasteiger partial charge on any atom is -0.350 e. The van der Waals surface area contributed by atoms with Gasteiger partial charge in [0.25, 0.3) is 5.91 Å². The number of hydrogen-bond acceptors (Lipinski definition) is 6. The highest BCUT2D eigenvalue weighted by Gasteiger charge is 2.18. The second-order valence-corrected chi connectivity index (χ2v) is 10.7. The number of thioether (sulfide) groups is 1. The Balaban J connectivity index is 1.56. The maximum Gasteiger partial charge on any atom is 0.270 e. The summed E-state index contributed by atoms with van der Waals surface area (Å²) >= 11 is 15.4. The average molecular weight is 533 g/mol. The molecule has 6 nitrogen and oxygen atoms in total. The van der Waals surface area contributed by atoms with Gasteiger partial charge in [0, 0.05) is 18.3 Å². The van der Waals surface area contributed by atoms with E-state index < -0.39 is 0 Å².